The first kappa shape index (κ1) is 30.7. The van der Waals surface area contributed by atoms with Gasteiger partial charge < -0.3 is 42.7 Å². The summed E-state index contributed by atoms with van der Waals surface area (Å²) in [5, 5.41) is 35.6. The Balaban J connectivity index is 2.23. The zero-order valence-corrected chi connectivity index (χ0v) is 21.2. The Bertz CT molecular complexity index is 1160. The molecule has 210 valence electrons. The number of amides is 4. The Labute approximate surface area is 224 Å². The Morgan fingerprint density at radius 1 is 0.795 bits per heavy atom. The van der Waals surface area contributed by atoms with Crippen LogP contribution in [0.3, 0.4) is 0 Å². The number of rotatable bonds is 14. The van der Waals surface area contributed by atoms with E-state index in [1.807, 2.05) is 0 Å². The minimum absolute atomic E-state index is 0.0418. The molecule has 13 heteroatoms. The van der Waals surface area contributed by atoms with Crippen molar-refractivity contribution in [3.63, 3.8) is 0 Å². The van der Waals surface area contributed by atoms with E-state index in [0.29, 0.717) is 5.56 Å². The topological polar surface area (TPSA) is 234 Å². The molecule has 5 atom stereocenters. The van der Waals surface area contributed by atoms with Crippen molar-refractivity contribution in [3.05, 3.63) is 65.7 Å². The first-order valence-electron chi connectivity index (χ1n) is 12.0. The number of primary amides is 1. The van der Waals surface area contributed by atoms with Crippen molar-refractivity contribution >= 4 is 29.6 Å². The van der Waals surface area contributed by atoms with Crippen LogP contribution in [0.25, 0.3) is 0 Å². The maximum Gasteiger partial charge on any atom is 0.328 e. The molecule has 39 heavy (non-hydrogen) atoms. The van der Waals surface area contributed by atoms with Gasteiger partial charge in [-0.15, -0.1) is 0 Å². The van der Waals surface area contributed by atoms with E-state index in [0.717, 1.165) is 5.56 Å². The van der Waals surface area contributed by atoms with Crippen molar-refractivity contribution in [2.24, 2.45) is 11.5 Å². The average molecular weight is 544 g/mol. The fourth-order valence-electron chi connectivity index (χ4n) is 3.64. The fourth-order valence-corrected chi connectivity index (χ4v) is 3.64. The summed E-state index contributed by atoms with van der Waals surface area (Å²) in [5.41, 5.74) is 12.5. The summed E-state index contributed by atoms with van der Waals surface area (Å²) >= 11 is 0. The molecule has 2 rings (SSSR count). The van der Waals surface area contributed by atoms with Gasteiger partial charge >= 0.3 is 5.97 Å². The Morgan fingerprint density at radius 3 is 1.87 bits per heavy atom. The molecular formula is C26H33N5O8. The van der Waals surface area contributed by atoms with Gasteiger partial charge in [-0.25, -0.2) is 4.79 Å². The normalized spacial score (nSPS) is 14.6. The Kier molecular flexibility index (Phi) is 11.4. The molecule has 0 aliphatic carbocycles. The highest BCUT2D eigenvalue weighted by Gasteiger charge is 2.32. The molecule has 4 amide bonds. The molecule has 13 nitrogen and oxygen atoms in total. The van der Waals surface area contributed by atoms with Crippen molar-refractivity contribution in [2.75, 3.05) is 0 Å². The van der Waals surface area contributed by atoms with Gasteiger partial charge in [-0.3, -0.25) is 19.2 Å². The maximum atomic E-state index is 13.1. The van der Waals surface area contributed by atoms with Crippen LogP contribution in [0.2, 0.25) is 0 Å². The SMILES string of the molecule is CC(O)C(NC(=O)C(Cc1ccc(O)cc1)NC(=O)C(CC(N)=O)NC(=O)C(N)Cc1ccccc1)C(=O)O. The number of benzene rings is 2. The van der Waals surface area contributed by atoms with E-state index in [-0.39, 0.29) is 18.6 Å². The summed E-state index contributed by atoms with van der Waals surface area (Å²) in [6.45, 7) is 1.17. The predicted octanol–water partition coefficient (Wildman–Crippen LogP) is -1.70. The molecule has 5 unspecified atom stereocenters. The van der Waals surface area contributed by atoms with E-state index in [2.05, 4.69) is 16.0 Å². The number of nitrogens with two attached hydrogens (primary N) is 2. The third-order valence-electron chi connectivity index (χ3n) is 5.73. The molecule has 0 spiro atoms. The first-order valence-corrected chi connectivity index (χ1v) is 12.0. The van der Waals surface area contributed by atoms with Crippen LogP contribution in [0.15, 0.2) is 54.6 Å². The number of aliphatic hydroxyl groups is 1. The predicted molar refractivity (Wildman–Crippen MR) is 139 cm³/mol. The summed E-state index contributed by atoms with van der Waals surface area (Å²) in [5.74, 6) is -5.09. The highest BCUT2D eigenvalue weighted by Crippen LogP contribution is 2.12. The second-order valence-electron chi connectivity index (χ2n) is 9.02. The van der Waals surface area contributed by atoms with Gasteiger partial charge in [0.2, 0.25) is 23.6 Å². The van der Waals surface area contributed by atoms with Crippen molar-refractivity contribution in [1.82, 2.24) is 16.0 Å². The van der Waals surface area contributed by atoms with Crippen LogP contribution in [0.1, 0.15) is 24.5 Å². The summed E-state index contributed by atoms with van der Waals surface area (Å²) in [4.78, 5) is 62.0. The third-order valence-corrected chi connectivity index (χ3v) is 5.73. The highest BCUT2D eigenvalue weighted by atomic mass is 16.4. The van der Waals surface area contributed by atoms with Gasteiger partial charge in [0.05, 0.1) is 18.6 Å². The molecule has 0 aliphatic rings. The number of aliphatic hydroxyl groups excluding tert-OH is 1. The van der Waals surface area contributed by atoms with E-state index in [1.54, 1.807) is 30.3 Å². The van der Waals surface area contributed by atoms with Crippen molar-refractivity contribution in [3.8, 4) is 5.75 Å². The zero-order chi connectivity index (χ0) is 29.1. The second kappa shape index (κ2) is 14.4. The molecule has 0 saturated carbocycles. The molecule has 0 aliphatic heterocycles. The van der Waals surface area contributed by atoms with Crippen LogP contribution in [-0.4, -0.2) is 75.2 Å². The number of phenols is 1. The quantitative estimate of drug-likeness (QED) is 0.135. The highest BCUT2D eigenvalue weighted by molar-refractivity contribution is 5.96. The molecule has 2 aromatic carbocycles. The van der Waals surface area contributed by atoms with E-state index in [9.17, 15) is 39.3 Å². The lowest BCUT2D eigenvalue weighted by Gasteiger charge is -2.25. The van der Waals surface area contributed by atoms with Crippen LogP contribution in [0, 0.1) is 0 Å². The molecule has 0 fully saturated rings. The van der Waals surface area contributed by atoms with E-state index < -0.39 is 66.3 Å². The standard InChI is InChI=1S/C26H33N5O8/c1-14(32)22(26(38)39)31-25(37)19(12-16-7-9-17(33)10-8-16)30-24(36)20(13-21(28)34)29-23(35)18(27)11-15-5-3-2-4-6-15/h2-10,14,18-20,22,32-33H,11-13,27H2,1H3,(H2,28,34)(H,29,35)(H,30,36)(H,31,37)(H,38,39). The molecule has 0 aromatic heterocycles. The van der Waals surface area contributed by atoms with Crippen LogP contribution >= 0.6 is 0 Å². The number of carbonyl (C=O) groups excluding carboxylic acids is 4. The van der Waals surface area contributed by atoms with Gasteiger partial charge in [0.25, 0.3) is 0 Å². The van der Waals surface area contributed by atoms with Crippen molar-refractivity contribution in [1.29, 1.82) is 0 Å². The number of hydrogen-bond donors (Lipinski definition) is 8. The molecule has 10 N–H and O–H groups in total. The molecule has 0 bridgehead atoms. The maximum absolute atomic E-state index is 13.1. The summed E-state index contributed by atoms with van der Waals surface area (Å²) < 4.78 is 0. The van der Waals surface area contributed by atoms with Crippen molar-refractivity contribution < 1.29 is 39.3 Å². The van der Waals surface area contributed by atoms with Crippen LogP contribution in [-0.2, 0) is 36.8 Å². The van der Waals surface area contributed by atoms with Crippen LogP contribution in [0.5, 0.6) is 5.75 Å². The molecule has 0 saturated heterocycles. The fraction of sp³-hybridized carbons (Fsp3) is 0.346. The van der Waals surface area contributed by atoms with E-state index in [1.165, 1.54) is 31.2 Å². The lowest BCUT2D eigenvalue weighted by atomic mass is 10.0. The second-order valence-corrected chi connectivity index (χ2v) is 9.02. The Morgan fingerprint density at radius 2 is 1.33 bits per heavy atom. The monoisotopic (exact) mass is 543 g/mol. The smallest absolute Gasteiger partial charge is 0.328 e. The Hall–Kier alpha value is -4.49. The number of aliphatic carboxylic acids is 1. The number of carboxylic acids is 1. The lowest BCUT2D eigenvalue weighted by molar-refractivity contribution is -0.145. The number of phenolic OH excluding ortho intramolecular Hbond substituents is 1. The summed E-state index contributed by atoms with van der Waals surface area (Å²) in [6.07, 6.45) is -2.06. The molecule has 0 radical (unpaired) electrons. The molecule has 0 heterocycles. The number of carbonyl (C=O) groups is 5. The van der Waals surface area contributed by atoms with Crippen molar-refractivity contribution in [2.45, 2.75) is 56.5 Å². The van der Waals surface area contributed by atoms with Crippen LogP contribution < -0.4 is 27.4 Å². The average Bonchev–Trinajstić information content (AvgIpc) is 2.87. The summed E-state index contributed by atoms with van der Waals surface area (Å²) in [7, 11) is 0. The van der Waals surface area contributed by atoms with Gasteiger partial charge in [0, 0.05) is 6.42 Å². The number of hydrogen-bond acceptors (Lipinski definition) is 8. The van der Waals surface area contributed by atoms with Gasteiger partial charge in [-0.2, -0.15) is 0 Å². The van der Waals surface area contributed by atoms with Gasteiger partial charge in [0.15, 0.2) is 6.04 Å². The number of aromatic hydroxyl groups is 1. The molecule has 2 aromatic rings. The van der Waals surface area contributed by atoms with E-state index >= 15 is 0 Å². The first-order chi connectivity index (χ1) is 18.4. The van der Waals surface area contributed by atoms with Gasteiger partial charge in [-0.1, -0.05) is 42.5 Å². The number of nitrogens with one attached hydrogen (secondary N) is 3. The molecular weight excluding hydrogens is 510 g/mol. The van der Waals surface area contributed by atoms with E-state index in [4.69, 9.17) is 11.5 Å². The minimum atomic E-state index is -1.67. The zero-order valence-electron chi connectivity index (χ0n) is 21.2. The number of carboxylic acid groups (broad SMARTS) is 1. The largest absolute Gasteiger partial charge is 0.508 e. The van der Waals surface area contributed by atoms with Gasteiger partial charge in [0.1, 0.15) is 17.8 Å². The van der Waals surface area contributed by atoms with Crippen LogP contribution in [0.4, 0.5) is 0 Å². The summed E-state index contributed by atoms with van der Waals surface area (Å²) in [6, 6.07) is 8.94. The third kappa shape index (κ3) is 10.1. The van der Waals surface area contributed by atoms with Gasteiger partial charge in [-0.05, 0) is 36.6 Å². The minimum Gasteiger partial charge on any atom is -0.508 e. The lowest BCUT2D eigenvalue weighted by Crippen LogP contribution is -2.59.